The van der Waals surface area contributed by atoms with Gasteiger partial charge in [-0.1, -0.05) is 29.8 Å². The van der Waals surface area contributed by atoms with Crippen LogP contribution in [0.15, 0.2) is 24.3 Å². The standard InChI is InChI=1S/C14H19ClN2O/c15-13-6-2-1-4-11(13)7-8-14(18)17-12-5-3-9-16-10-12/h1-2,4,6,12,16H,3,5,7-10H2,(H,17,18)/t12-/m0/s1. The first-order valence-corrected chi connectivity index (χ1v) is 6.87. The zero-order chi connectivity index (χ0) is 12.8. The van der Waals surface area contributed by atoms with E-state index in [-0.39, 0.29) is 11.9 Å². The summed E-state index contributed by atoms with van der Waals surface area (Å²) in [6.45, 7) is 1.95. The van der Waals surface area contributed by atoms with Crippen LogP contribution in [0.3, 0.4) is 0 Å². The molecule has 0 aromatic heterocycles. The molecule has 0 radical (unpaired) electrons. The van der Waals surface area contributed by atoms with Gasteiger partial charge in [0, 0.05) is 24.0 Å². The number of piperidine rings is 1. The van der Waals surface area contributed by atoms with Crippen LogP contribution in [0.5, 0.6) is 0 Å². The molecule has 0 saturated carbocycles. The minimum atomic E-state index is 0.114. The molecule has 2 rings (SSSR count). The molecule has 98 valence electrons. The van der Waals surface area contributed by atoms with Crippen LogP contribution in [-0.4, -0.2) is 25.0 Å². The highest BCUT2D eigenvalue weighted by molar-refractivity contribution is 6.31. The molecule has 0 aliphatic carbocycles. The molecule has 0 bridgehead atoms. The lowest BCUT2D eigenvalue weighted by Gasteiger charge is -2.23. The summed E-state index contributed by atoms with van der Waals surface area (Å²) < 4.78 is 0. The van der Waals surface area contributed by atoms with Crippen molar-refractivity contribution in [1.82, 2.24) is 10.6 Å². The second-order valence-electron chi connectivity index (χ2n) is 4.70. The lowest BCUT2D eigenvalue weighted by atomic mass is 10.1. The number of hydrogen-bond donors (Lipinski definition) is 2. The molecular formula is C14H19ClN2O. The Labute approximate surface area is 113 Å². The zero-order valence-electron chi connectivity index (χ0n) is 10.4. The molecule has 4 heteroatoms. The van der Waals surface area contributed by atoms with Crippen molar-refractivity contribution in [2.45, 2.75) is 31.7 Å². The number of nitrogens with one attached hydrogen (secondary N) is 2. The van der Waals surface area contributed by atoms with Crippen molar-refractivity contribution in [2.75, 3.05) is 13.1 Å². The summed E-state index contributed by atoms with van der Waals surface area (Å²) in [6, 6.07) is 7.97. The molecular weight excluding hydrogens is 248 g/mol. The van der Waals surface area contributed by atoms with Gasteiger partial charge in [0.15, 0.2) is 0 Å². The maximum absolute atomic E-state index is 11.8. The van der Waals surface area contributed by atoms with E-state index in [1.165, 1.54) is 0 Å². The van der Waals surface area contributed by atoms with Crippen LogP contribution in [0.4, 0.5) is 0 Å². The van der Waals surface area contributed by atoms with Gasteiger partial charge in [-0.25, -0.2) is 0 Å². The van der Waals surface area contributed by atoms with Gasteiger partial charge in [0.25, 0.3) is 0 Å². The number of rotatable bonds is 4. The fourth-order valence-electron chi connectivity index (χ4n) is 2.22. The van der Waals surface area contributed by atoms with Crippen LogP contribution < -0.4 is 10.6 Å². The summed E-state index contributed by atoms with van der Waals surface area (Å²) in [5, 5.41) is 7.09. The van der Waals surface area contributed by atoms with E-state index in [2.05, 4.69) is 10.6 Å². The second-order valence-corrected chi connectivity index (χ2v) is 5.11. The summed E-state index contributed by atoms with van der Waals surface area (Å²) in [6.07, 6.45) is 3.41. The van der Waals surface area contributed by atoms with Crippen molar-refractivity contribution in [1.29, 1.82) is 0 Å². The fraction of sp³-hybridized carbons (Fsp3) is 0.500. The Hall–Kier alpha value is -1.06. The average molecular weight is 267 g/mol. The smallest absolute Gasteiger partial charge is 0.220 e. The molecule has 1 saturated heterocycles. The van der Waals surface area contributed by atoms with E-state index in [1.807, 2.05) is 24.3 Å². The quantitative estimate of drug-likeness (QED) is 0.877. The summed E-state index contributed by atoms with van der Waals surface area (Å²) in [4.78, 5) is 11.8. The summed E-state index contributed by atoms with van der Waals surface area (Å²) in [7, 11) is 0. The van der Waals surface area contributed by atoms with Gasteiger partial charge in [-0.05, 0) is 37.4 Å². The maximum atomic E-state index is 11.8. The van der Waals surface area contributed by atoms with Crippen LogP contribution >= 0.6 is 11.6 Å². The molecule has 1 heterocycles. The van der Waals surface area contributed by atoms with Gasteiger partial charge in [0.2, 0.25) is 5.91 Å². The highest BCUT2D eigenvalue weighted by Gasteiger charge is 2.15. The van der Waals surface area contributed by atoms with Gasteiger partial charge in [-0.15, -0.1) is 0 Å². The Bertz CT molecular complexity index is 403. The minimum absolute atomic E-state index is 0.114. The first-order valence-electron chi connectivity index (χ1n) is 6.49. The lowest BCUT2D eigenvalue weighted by Crippen LogP contribution is -2.45. The Kier molecular flexibility index (Phi) is 5.02. The molecule has 1 fully saturated rings. The first-order chi connectivity index (χ1) is 8.75. The van der Waals surface area contributed by atoms with Crippen molar-refractivity contribution in [2.24, 2.45) is 0 Å². The summed E-state index contributed by atoms with van der Waals surface area (Å²) in [5.41, 5.74) is 1.04. The number of hydrogen-bond acceptors (Lipinski definition) is 2. The molecule has 2 N–H and O–H groups in total. The number of carbonyl (C=O) groups is 1. The Morgan fingerprint density at radius 3 is 3.00 bits per heavy atom. The Morgan fingerprint density at radius 2 is 2.28 bits per heavy atom. The molecule has 0 spiro atoms. The third-order valence-electron chi connectivity index (χ3n) is 3.24. The van der Waals surface area contributed by atoms with Gasteiger partial charge >= 0.3 is 0 Å². The van der Waals surface area contributed by atoms with Crippen molar-refractivity contribution in [3.63, 3.8) is 0 Å². The van der Waals surface area contributed by atoms with Crippen LogP contribution in [0, 0.1) is 0 Å². The fourth-order valence-corrected chi connectivity index (χ4v) is 2.45. The van der Waals surface area contributed by atoms with Gasteiger partial charge in [-0.2, -0.15) is 0 Å². The Balaban J connectivity index is 1.76. The predicted octanol–water partition coefficient (Wildman–Crippen LogP) is 2.14. The van der Waals surface area contributed by atoms with Crippen molar-refractivity contribution in [3.05, 3.63) is 34.9 Å². The number of carbonyl (C=O) groups excluding carboxylic acids is 1. The first kappa shape index (κ1) is 13.4. The maximum Gasteiger partial charge on any atom is 0.220 e. The molecule has 18 heavy (non-hydrogen) atoms. The van der Waals surface area contributed by atoms with Gasteiger partial charge in [-0.3, -0.25) is 4.79 Å². The summed E-state index contributed by atoms with van der Waals surface area (Å²) >= 11 is 6.06. The molecule has 1 aliphatic heterocycles. The highest BCUT2D eigenvalue weighted by atomic mass is 35.5. The molecule has 1 aromatic rings. The number of aryl methyl sites for hydroxylation is 1. The molecule has 1 aliphatic rings. The van der Waals surface area contributed by atoms with Gasteiger partial charge < -0.3 is 10.6 Å². The van der Waals surface area contributed by atoms with E-state index < -0.39 is 0 Å². The van der Waals surface area contributed by atoms with Gasteiger partial charge in [0.05, 0.1) is 0 Å². The van der Waals surface area contributed by atoms with E-state index in [0.717, 1.165) is 36.5 Å². The Morgan fingerprint density at radius 1 is 1.44 bits per heavy atom. The predicted molar refractivity (Wildman–Crippen MR) is 73.8 cm³/mol. The molecule has 1 amide bonds. The van der Waals surface area contributed by atoms with Crippen molar-refractivity contribution < 1.29 is 4.79 Å². The van der Waals surface area contributed by atoms with E-state index >= 15 is 0 Å². The van der Waals surface area contributed by atoms with Crippen LogP contribution in [0.25, 0.3) is 0 Å². The number of amides is 1. The average Bonchev–Trinajstić information content (AvgIpc) is 2.39. The van der Waals surface area contributed by atoms with Crippen molar-refractivity contribution in [3.8, 4) is 0 Å². The molecule has 3 nitrogen and oxygen atoms in total. The number of halogens is 1. The normalized spacial score (nSPS) is 19.5. The van der Waals surface area contributed by atoms with E-state index in [0.29, 0.717) is 12.8 Å². The minimum Gasteiger partial charge on any atom is -0.352 e. The van der Waals surface area contributed by atoms with Gasteiger partial charge in [0.1, 0.15) is 0 Å². The summed E-state index contributed by atoms with van der Waals surface area (Å²) in [5.74, 6) is 0.114. The molecule has 1 aromatic carbocycles. The topological polar surface area (TPSA) is 41.1 Å². The van der Waals surface area contributed by atoms with E-state index in [1.54, 1.807) is 0 Å². The van der Waals surface area contributed by atoms with Crippen LogP contribution in [0.2, 0.25) is 5.02 Å². The van der Waals surface area contributed by atoms with E-state index in [9.17, 15) is 4.79 Å². The van der Waals surface area contributed by atoms with Crippen molar-refractivity contribution >= 4 is 17.5 Å². The lowest BCUT2D eigenvalue weighted by molar-refractivity contribution is -0.121. The number of benzene rings is 1. The monoisotopic (exact) mass is 266 g/mol. The third kappa shape index (κ3) is 4.00. The zero-order valence-corrected chi connectivity index (χ0v) is 11.2. The highest BCUT2D eigenvalue weighted by Crippen LogP contribution is 2.16. The third-order valence-corrected chi connectivity index (χ3v) is 3.61. The van der Waals surface area contributed by atoms with Crippen LogP contribution in [-0.2, 0) is 11.2 Å². The second kappa shape index (κ2) is 6.76. The van der Waals surface area contributed by atoms with Crippen LogP contribution in [0.1, 0.15) is 24.8 Å². The van der Waals surface area contributed by atoms with E-state index in [4.69, 9.17) is 11.6 Å². The largest absolute Gasteiger partial charge is 0.352 e. The molecule has 1 atom stereocenters. The SMILES string of the molecule is O=C(CCc1ccccc1Cl)N[C@H]1CCCNC1. The molecule has 0 unspecified atom stereocenters.